The zero-order chi connectivity index (χ0) is 19.5. The molecule has 0 fully saturated rings. The van der Waals surface area contributed by atoms with Gasteiger partial charge in [-0.05, 0) is 50.6 Å². The SMILES string of the molecule is CCCOc1ccccc1/C=N/NC(=O)c1ccc(OCC)c(OCC)c1. The molecule has 2 aromatic carbocycles. The number of carbonyl (C=O) groups excluding carboxylic acids is 1. The van der Waals surface area contributed by atoms with Gasteiger partial charge in [-0.2, -0.15) is 5.10 Å². The van der Waals surface area contributed by atoms with Gasteiger partial charge in [0, 0.05) is 11.1 Å². The van der Waals surface area contributed by atoms with E-state index >= 15 is 0 Å². The van der Waals surface area contributed by atoms with Gasteiger partial charge in [0.2, 0.25) is 0 Å². The van der Waals surface area contributed by atoms with Crippen LogP contribution < -0.4 is 19.6 Å². The smallest absolute Gasteiger partial charge is 0.271 e. The van der Waals surface area contributed by atoms with Crippen LogP contribution in [0.3, 0.4) is 0 Å². The zero-order valence-electron chi connectivity index (χ0n) is 16.0. The summed E-state index contributed by atoms with van der Waals surface area (Å²) in [7, 11) is 0. The van der Waals surface area contributed by atoms with Gasteiger partial charge in [0.05, 0.1) is 26.0 Å². The van der Waals surface area contributed by atoms with Gasteiger partial charge in [0.25, 0.3) is 5.91 Å². The third kappa shape index (κ3) is 6.02. The first-order valence-electron chi connectivity index (χ1n) is 9.14. The molecule has 0 saturated carbocycles. The number of hydrogen-bond donors (Lipinski definition) is 1. The fourth-order valence-electron chi connectivity index (χ4n) is 2.35. The molecule has 0 heterocycles. The number of benzene rings is 2. The highest BCUT2D eigenvalue weighted by Crippen LogP contribution is 2.28. The van der Waals surface area contributed by atoms with Gasteiger partial charge in [-0.3, -0.25) is 4.79 Å². The number of hydrogen-bond acceptors (Lipinski definition) is 5. The minimum Gasteiger partial charge on any atom is -0.493 e. The van der Waals surface area contributed by atoms with Crippen molar-refractivity contribution >= 4 is 12.1 Å². The minimum atomic E-state index is -0.331. The Balaban J connectivity index is 2.07. The highest BCUT2D eigenvalue weighted by Gasteiger charge is 2.11. The zero-order valence-corrected chi connectivity index (χ0v) is 16.0. The van der Waals surface area contributed by atoms with Crippen LogP contribution in [0.4, 0.5) is 0 Å². The largest absolute Gasteiger partial charge is 0.493 e. The van der Waals surface area contributed by atoms with Crippen LogP contribution in [0.2, 0.25) is 0 Å². The number of ether oxygens (including phenoxy) is 3. The van der Waals surface area contributed by atoms with Gasteiger partial charge in [0.15, 0.2) is 11.5 Å². The van der Waals surface area contributed by atoms with Gasteiger partial charge < -0.3 is 14.2 Å². The van der Waals surface area contributed by atoms with Gasteiger partial charge in [-0.1, -0.05) is 19.1 Å². The Labute approximate surface area is 160 Å². The molecule has 0 aromatic heterocycles. The molecule has 144 valence electrons. The van der Waals surface area contributed by atoms with E-state index in [9.17, 15) is 4.79 Å². The predicted molar refractivity (Wildman–Crippen MR) is 106 cm³/mol. The van der Waals surface area contributed by atoms with Crippen LogP contribution >= 0.6 is 0 Å². The van der Waals surface area contributed by atoms with Crippen LogP contribution in [-0.4, -0.2) is 31.9 Å². The Kier molecular flexibility index (Phi) is 8.16. The standard InChI is InChI=1S/C21H26N2O4/c1-4-13-27-18-10-8-7-9-17(18)15-22-23-21(24)16-11-12-19(25-5-2)20(14-16)26-6-3/h7-12,14-15H,4-6,13H2,1-3H3,(H,23,24)/b22-15+. The summed E-state index contributed by atoms with van der Waals surface area (Å²) >= 11 is 0. The molecule has 6 nitrogen and oxygen atoms in total. The van der Waals surface area contributed by atoms with Gasteiger partial charge >= 0.3 is 0 Å². The summed E-state index contributed by atoms with van der Waals surface area (Å²) in [6.07, 6.45) is 2.49. The first-order valence-corrected chi connectivity index (χ1v) is 9.14. The van der Waals surface area contributed by atoms with Gasteiger partial charge in [-0.15, -0.1) is 0 Å². The summed E-state index contributed by atoms with van der Waals surface area (Å²) in [5.74, 6) is 1.55. The van der Waals surface area contributed by atoms with E-state index in [0.29, 0.717) is 36.9 Å². The van der Waals surface area contributed by atoms with Crippen LogP contribution in [0.1, 0.15) is 43.1 Å². The Morgan fingerprint density at radius 2 is 1.70 bits per heavy atom. The van der Waals surface area contributed by atoms with E-state index in [-0.39, 0.29) is 5.91 Å². The maximum Gasteiger partial charge on any atom is 0.271 e. The molecular formula is C21H26N2O4. The van der Waals surface area contributed by atoms with Crippen molar-refractivity contribution in [2.24, 2.45) is 5.10 Å². The summed E-state index contributed by atoms with van der Waals surface area (Å²) < 4.78 is 16.7. The van der Waals surface area contributed by atoms with E-state index in [2.05, 4.69) is 10.5 Å². The topological polar surface area (TPSA) is 69.2 Å². The number of carbonyl (C=O) groups is 1. The molecule has 2 aromatic rings. The maximum absolute atomic E-state index is 12.4. The number of amides is 1. The summed E-state index contributed by atoms with van der Waals surface area (Å²) in [4.78, 5) is 12.4. The van der Waals surface area contributed by atoms with Crippen molar-refractivity contribution in [3.8, 4) is 17.2 Å². The van der Waals surface area contributed by atoms with Gasteiger partial charge in [0.1, 0.15) is 5.75 Å². The quantitative estimate of drug-likeness (QED) is 0.506. The van der Waals surface area contributed by atoms with E-state index in [1.165, 1.54) is 0 Å². The van der Waals surface area contributed by atoms with Crippen LogP contribution in [-0.2, 0) is 0 Å². The summed E-state index contributed by atoms with van der Waals surface area (Å²) in [5.41, 5.74) is 3.77. The Morgan fingerprint density at radius 3 is 2.44 bits per heavy atom. The second-order valence-electron chi connectivity index (χ2n) is 5.61. The van der Waals surface area contributed by atoms with E-state index < -0.39 is 0 Å². The monoisotopic (exact) mass is 370 g/mol. The molecule has 2 rings (SSSR count). The summed E-state index contributed by atoms with van der Waals surface area (Å²) in [5, 5.41) is 4.04. The normalized spacial score (nSPS) is 10.6. The molecule has 0 atom stereocenters. The van der Waals surface area contributed by atoms with E-state index in [0.717, 1.165) is 17.7 Å². The molecule has 0 saturated heterocycles. The fraction of sp³-hybridized carbons (Fsp3) is 0.333. The lowest BCUT2D eigenvalue weighted by Gasteiger charge is -2.11. The molecule has 1 amide bonds. The average Bonchev–Trinajstić information content (AvgIpc) is 2.68. The Bertz CT molecular complexity index is 775. The van der Waals surface area contributed by atoms with Crippen molar-refractivity contribution in [1.29, 1.82) is 0 Å². The van der Waals surface area contributed by atoms with E-state index in [4.69, 9.17) is 14.2 Å². The molecule has 0 bridgehead atoms. The Morgan fingerprint density at radius 1 is 0.963 bits per heavy atom. The Hall–Kier alpha value is -3.02. The van der Waals surface area contributed by atoms with E-state index in [1.807, 2.05) is 45.0 Å². The second-order valence-corrected chi connectivity index (χ2v) is 5.61. The highest BCUT2D eigenvalue weighted by atomic mass is 16.5. The molecule has 0 spiro atoms. The van der Waals surface area contributed by atoms with Crippen LogP contribution in [0, 0.1) is 0 Å². The van der Waals surface area contributed by atoms with Crippen LogP contribution in [0.15, 0.2) is 47.6 Å². The number of hydrazone groups is 1. The van der Waals surface area contributed by atoms with E-state index in [1.54, 1.807) is 24.4 Å². The van der Waals surface area contributed by atoms with Crippen molar-refractivity contribution in [2.45, 2.75) is 27.2 Å². The second kappa shape index (κ2) is 10.9. The lowest BCUT2D eigenvalue weighted by molar-refractivity contribution is 0.0954. The van der Waals surface area contributed by atoms with Crippen molar-refractivity contribution < 1.29 is 19.0 Å². The third-order valence-electron chi connectivity index (χ3n) is 3.56. The molecule has 0 unspecified atom stereocenters. The molecule has 0 aliphatic rings. The van der Waals surface area contributed by atoms with Crippen LogP contribution in [0.25, 0.3) is 0 Å². The molecule has 0 aliphatic carbocycles. The molecule has 6 heteroatoms. The van der Waals surface area contributed by atoms with Crippen molar-refractivity contribution in [3.63, 3.8) is 0 Å². The number of nitrogens with one attached hydrogen (secondary N) is 1. The first-order chi connectivity index (χ1) is 13.2. The van der Waals surface area contributed by atoms with Gasteiger partial charge in [-0.25, -0.2) is 5.43 Å². The maximum atomic E-state index is 12.4. The molecular weight excluding hydrogens is 344 g/mol. The van der Waals surface area contributed by atoms with Crippen molar-refractivity contribution in [2.75, 3.05) is 19.8 Å². The number of para-hydroxylation sites is 1. The molecule has 27 heavy (non-hydrogen) atoms. The minimum absolute atomic E-state index is 0.331. The first kappa shape index (κ1) is 20.3. The molecule has 0 radical (unpaired) electrons. The predicted octanol–water partition coefficient (Wildman–Crippen LogP) is 4.04. The van der Waals surface area contributed by atoms with Crippen LogP contribution in [0.5, 0.6) is 17.2 Å². The van der Waals surface area contributed by atoms with Crippen molar-refractivity contribution in [1.82, 2.24) is 5.43 Å². The third-order valence-corrected chi connectivity index (χ3v) is 3.56. The highest BCUT2D eigenvalue weighted by molar-refractivity contribution is 5.95. The lowest BCUT2D eigenvalue weighted by atomic mass is 10.2. The summed E-state index contributed by atoms with van der Waals surface area (Å²) in [6.45, 7) is 7.46. The molecule has 0 aliphatic heterocycles. The average molecular weight is 370 g/mol. The molecule has 1 N–H and O–H groups in total. The number of nitrogens with zero attached hydrogens (tertiary/aromatic N) is 1. The number of rotatable bonds is 10. The lowest BCUT2D eigenvalue weighted by Crippen LogP contribution is -2.18. The summed E-state index contributed by atoms with van der Waals surface area (Å²) in [6, 6.07) is 12.6. The van der Waals surface area contributed by atoms with Crippen molar-refractivity contribution in [3.05, 3.63) is 53.6 Å². The fourth-order valence-corrected chi connectivity index (χ4v) is 2.35.